The molecule has 6 N–H and O–H groups in total. The Bertz CT molecular complexity index is 408. The second-order valence-electron chi connectivity index (χ2n) is 5.95. The van der Waals surface area contributed by atoms with Crippen LogP contribution in [0, 0.1) is 0 Å². The number of hydrogen-bond acceptors (Lipinski definition) is 11. The Kier molecular flexibility index (Phi) is 7.49. The topological polar surface area (TPSA) is 168 Å². The molecule has 0 aliphatic carbocycles. The van der Waals surface area contributed by atoms with Crippen molar-refractivity contribution in [1.82, 2.24) is 0 Å². The Morgan fingerprint density at radius 2 is 1.28 bits per heavy atom. The van der Waals surface area contributed by atoms with Gasteiger partial charge in [0.25, 0.3) is 0 Å². The summed E-state index contributed by atoms with van der Waals surface area (Å²) in [4.78, 5) is 0. The minimum atomic E-state index is -1.51. The van der Waals surface area contributed by atoms with Gasteiger partial charge >= 0.3 is 0 Å². The summed E-state index contributed by atoms with van der Waals surface area (Å²) in [6.45, 7) is -1.12. The van der Waals surface area contributed by atoms with Crippen molar-refractivity contribution in [3.05, 3.63) is 0 Å². The largest absolute Gasteiger partial charge is 0.394 e. The summed E-state index contributed by atoms with van der Waals surface area (Å²) in [6, 6.07) is 0. The monoisotopic (exact) mass is 370 g/mol. The normalized spacial score (nSPS) is 48.5. The molecule has 2 fully saturated rings. The summed E-state index contributed by atoms with van der Waals surface area (Å²) in [5, 5.41) is 59.2. The van der Waals surface area contributed by atoms with Gasteiger partial charge in [-0.2, -0.15) is 0 Å². The first kappa shape index (κ1) is 20.9. The molecule has 2 aliphatic rings. The van der Waals surface area contributed by atoms with Gasteiger partial charge in [0.15, 0.2) is 12.6 Å². The zero-order valence-corrected chi connectivity index (χ0v) is 13.9. The summed E-state index contributed by atoms with van der Waals surface area (Å²) in [6.07, 6.45) is -12.8. The van der Waals surface area contributed by atoms with Crippen LogP contribution in [0.3, 0.4) is 0 Å². The van der Waals surface area contributed by atoms with E-state index in [4.69, 9.17) is 23.7 Å². The Morgan fingerprint density at radius 3 is 1.80 bits per heavy atom. The molecule has 0 aromatic heterocycles. The van der Waals surface area contributed by atoms with Crippen LogP contribution in [0.1, 0.15) is 0 Å². The molecule has 2 rings (SSSR count). The van der Waals surface area contributed by atoms with Crippen LogP contribution >= 0.6 is 0 Å². The van der Waals surface area contributed by atoms with Crippen LogP contribution in [0.2, 0.25) is 0 Å². The van der Waals surface area contributed by atoms with Crippen LogP contribution in [-0.2, 0) is 23.7 Å². The molecule has 0 radical (unpaired) electrons. The molecular formula is C14H26O11. The number of ether oxygens (including phenoxy) is 5. The van der Waals surface area contributed by atoms with E-state index in [-0.39, 0.29) is 0 Å². The second kappa shape index (κ2) is 8.97. The smallest absolute Gasteiger partial charge is 0.187 e. The van der Waals surface area contributed by atoms with Gasteiger partial charge < -0.3 is 54.3 Å². The highest BCUT2D eigenvalue weighted by Gasteiger charge is 2.50. The summed E-state index contributed by atoms with van der Waals surface area (Å²) >= 11 is 0. The zero-order chi connectivity index (χ0) is 18.7. The number of methoxy groups -OCH3 is 2. The lowest BCUT2D eigenvalue weighted by Crippen LogP contribution is -2.64. The highest BCUT2D eigenvalue weighted by molar-refractivity contribution is 4.94. The Balaban J connectivity index is 2.15. The van der Waals surface area contributed by atoms with Crippen molar-refractivity contribution < 1.29 is 54.3 Å². The molecule has 0 amide bonds. The van der Waals surface area contributed by atoms with Gasteiger partial charge in [0, 0.05) is 14.2 Å². The summed E-state index contributed by atoms with van der Waals surface area (Å²) in [5.74, 6) is 0. The van der Waals surface area contributed by atoms with Gasteiger partial charge in [-0.3, -0.25) is 0 Å². The van der Waals surface area contributed by atoms with Crippen LogP contribution in [0.4, 0.5) is 0 Å². The molecule has 0 saturated carbocycles. The van der Waals surface area contributed by atoms with Gasteiger partial charge in [-0.1, -0.05) is 0 Å². The van der Waals surface area contributed by atoms with Crippen molar-refractivity contribution in [2.75, 3.05) is 27.4 Å². The Hall–Kier alpha value is -0.440. The van der Waals surface area contributed by atoms with Gasteiger partial charge in [-0.05, 0) is 0 Å². The second-order valence-corrected chi connectivity index (χ2v) is 5.95. The maximum Gasteiger partial charge on any atom is 0.187 e. The van der Waals surface area contributed by atoms with Crippen LogP contribution in [0.15, 0.2) is 0 Å². The van der Waals surface area contributed by atoms with E-state index in [0.717, 1.165) is 0 Å². The third kappa shape index (κ3) is 4.12. The molecule has 10 atom stereocenters. The van der Waals surface area contributed by atoms with Gasteiger partial charge in [0.2, 0.25) is 0 Å². The minimum absolute atomic E-state index is 0.559. The van der Waals surface area contributed by atoms with E-state index >= 15 is 0 Å². The van der Waals surface area contributed by atoms with E-state index in [1.807, 2.05) is 0 Å². The number of rotatable bonds is 6. The molecule has 0 aromatic carbocycles. The number of aliphatic hydroxyl groups is 6. The van der Waals surface area contributed by atoms with Crippen LogP contribution < -0.4 is 0 Å². The van der Waals surface area contributed by atoms with Gasteiger partial charge in [-0.25, -0.2) is 0 Å². The summed E-state index contributed by atoms with van der Waals surface area (Å²) in [7, 11) is 2.52. The fourth-order valence-electron chi connectivity index (χ4n) is 3.01. The quantitative estimate of drug-likeness (QED) is 0.269. The molecule has 2 aliphatic heterocycles. The third-order valence-electron chi connectivity index (χ3n) is 4.44. The Labute approximate surface area is 144 Å². The predicted octanol–water partition coefficient (Wildman–Crippen LogP) is -4.09. The standard InChI is InChI=1S/C14H26O11/c1-21-12-7(17)5(3-15)23-14(10(12)20)25-11-6(4-16)24-13(22-2)9(19)8(11)18/h5-20H,3-4H2,1-2H3/t5-,6-,7+,8-,9-,10-,11+,12+,13-,14-/m1/s1. The van der Waals surface area contributed by atoms with Gasteiger partial charge in [-0.15, -0.1) is 0 Å². The lowest BCUT2D eigenvalue weighted by molar-refractivity contribution is -0.358. The van der Waals surface area contributed by atoms with Crippen LogP contribution in [-0.4, -0.2) is 119 Å². The molecule has 0 unspecified atom stereocenters. The average Bonchev–Trinajstić information content (AvgIpc) is 2.61. The maximum absolute atomic E-state index is 10.3. The van der Waals surface area contributed by atoms with E-state index in [9.17, 15) is 30.6 Å². The zero-order valence-electron chi connectivity index (χ0n) is 13.9. The van der Waals surface area contributed by atoms with Gasteiger partial charge in [0.05, 0.1) is 13.2 Å². The summed E-state index contributed by atoms with van der Waals surface area (Å²) < 4.78 is 26.0. The van der Waals surface area contributed by atoms with E-state index in [1.54, 1.807) is 0 Å². The highest BCUT2D eigenvalue weighted by atomic mass is 16.7. The number of aliphatic hydroxyl groups excluding tert-OH is 6. The molecule has 148 valence electrons. The molecular weight excluding hydrogens is 344 g/mol. The third-order valence-corrected chi connectivity index (χ3v) is 4.44. The molecule has 11 nitrogen and oxygen atoms in total. The van der Waals surface area contributed by atoms with Crippen molar-refractivity contribution in [3.8, 4) is 0 Å². The fraction of sp³-hybridized carbons (Fsp3) is 1.00. The molecule has 11 heteroatoms. The molecule has 0 spiro atoms. The maximum atomic E-state index is 10.3. The number of hydrogen-bond donors (Lipinski definition) is 6. The molecule has 0 bridgehead atoms. The average molecular weight is 370 g/mol. The van der Waals surface area contributed by atoms with E-state index in [0.29, 0.717) is 0 Å². The van der Waals surface area contributed by atoms with Crippen molar-refractivity contribution in [1.29, 1.82) is 0 Å². The van der Waals surface area contributed by atoms with E-state index in [2.05, 4.69) is 0 Å². The molecule has 2 heterocycles. The molecule has 0 aromatic rings. The van der Waals surface area contributed by atoms with Crippen molar-refractivity contribution in [2.45, 2.75) is 61.4 Å². The predicted molar refractivity (Wildman–Crippen MR) is 78.2 cm³/mol. The van der Waals surface area contributed by atoms with Crippen molar-refractivity contribution in [2.24, 2.45) is 0 Å². The first-order valence-electron chi connectivity index (χ1n) is 7.85. The first-order valence-corrected chi connectivity index (χ1v) is 7.85. The van der Waals surface area contributed by atoms with Crippen LogP contribution in [0.25, 0.3) is 0 Å². The summed E-state index contributed by atoms with van der Waals surface area (Å²) in [5.41, 5.74) is 0. The van der Waals surface area contributed by atoms with E-state index < -0.39 is 74.6 Å². The van der Waals surface area contributed by atoms with Crippen molar-refractivity contribution >= 4 is 0 Å². The first-order chi connectivity index (χ1) is 11.9. The fourth-order valence-corrected chi connectivity index (χ4v) is 3.01. The molecule has 25 heavy (non-hydrogen) atoms. The van der Waals surface area contributed by atoms with Crippen molar-refractivity contribution in [3.63, 3.8) is 0 Å². The SMILES string of the molecule is CO[C@@H]1O[C@H](CO)[C@H](O[C@H]2O[C@H](CO)[C@H](O)[C@H](OC)[C@H]2O)[C@H](O)[C@H]1O. The lowest BCUT2D eigenvalue weighted by atomic mass is 9.97. The molecule has 2 saturated heterocycles. The van der Waals surface area contributed by atoms with Gasteiger partial charge in [0.1, 0.15) is 48.8 Å². The van der Waals surface area contributed by atoms with E-state index in [1.165, 1.54) is 14.2 Å². The Morgan fingerprint density at radius 1 is 0.680 bits per heavy atom. The highest BCUT2D eigenvalue weighted by Crippen LogP contribution is 2.29. The van der Waals surface area contributed by atoms with Crippen LogP contribution in [0.5, 0.6) is 0 Å². The lowest BCUT2D eigenvalue weighted by Gasteiger charge is -2.46. The minimum Gasteiger partial charge on any atom is -0.394 e.